The smallest absolute Gasteiger partial charge is 0.282 e. The Balaban J connectivity index is 1.49. The van der Waals surface area contributed by atoms with Gasteiger partial charge in [-0.3, -0.25) is 9.59 Å². The number of nitrogens with one attached hydrogen (secondary N) is 1. The third-order valence-corrected chi connectivity index (χ3v) is 7.76. The first kappa shape index (κ1) is 29.0. The normalized spacial score (nSPS) is 11.1. The Bertz CT molecular complexity index is 1860. The zero-order valence-corrected chi connectivity index (χ0v) is 25.1. The Morgan fingerprint density at radius 3 is 2.52 bits per heavy atom. The molecule has 8 nitrogen and oxygen atoms in total. The summed E-state index contributed by atoms with van der Waals surface area (Å²) in [5.74, 6) is 0.573. The van der Waals surface area contributed by atoms with Crippen LogP contribution in [0.15, 0.2) is 99.3 Å². The molecule has 42 heavy (non-hydrogen) atoms. The van der Waals surface area contributed by atoms with E-state index in [1.165, 1.54) is 10.9 Å². The summed E-state index contributed by atoms with van der Waals surface area (Å²) in [6.45, 7) is 3.77. The van der Waals surface area contributed by atoms with Crippen molar-refractivity contribution in [1.29, 1.82) is 0 Å². The number of hydrogen-bond donors (Lipinski definition) is 1. The topological polar surface area (TPSA) is 94.8 Å². The molecule has 5 rings (SSSR count). The number of anilines is 1. The van der Waals surface area contributed by atoms with Crippen LogP contribution < -0.4 is 20.3 Å². The van der Waals surface area contributed by atoms with Gasteiger partial charge in [-0.05, 0) is 59.6 Å². The van der Waals surface area contributed by atoms with Crippen molar-refractivity contribution in [2.75, 3.05) is 18.5 Å². The van der Waals surface area contributed by atoms with Crippen molar-refractivity contribution in [3.05, 3.63) is 116 Å². The molecule has 1 aromatic heterocycles. The number of carbonyl (C=O) groups is 1. The highest BCUT2D eigenvalue weighted by molar-refractivity contribution is 9.10. The maximum atomic E-state index is 13.5. The monoisotopic (exact) mass is 644 g/mol. The third kappa shape index (κ3) is 6.22. The predicted octanol–water partition coefficient (Wildman–Crippen LogP) is 7.09. The second kappa shape index (κ2) is 13.0. The zero-order valence-electron chi connectivity index (χ0n) is 22.8. The van der Waals surface area contributed by atoms with E-state index in [9.17, 15) is 9.59 Å². The van der Waals surface area contributed by atoms with Crippen LogP contribution in [0.3, 0.4) is 0 Å². The highest BCUT2D eigenvalue weighted by Crippen LogP contribution is 2.42. The molecule has 0 spiro atoms. The quantitative estimate of drug-likeness (QED) is 0.173. The van der Waals surface area contributed by atoms with E-state index in [1.54, 1.807) is 24.3 Å². The second-order valence-corrected chi connectivity index (χ2v) is 10.4. The minimum Gasteiger partial charge on any atom is -0.490 e. The highest BCUT2D eigenvalue weighted by atomic mass is 79.9. The van der Waals surface area contributed by atoms with E-state index < -0.39 is 0 Å². The Morgan fingerprint density at radius 2 is 1.76 bits per heavy atom. The number of aryl methyl sites for hydroxylation is 1. The molecule has 5 aromatic rings. The molecule has 0 radical (unpaired) electrons. The van der Waals surface area contributed by atoms with Gasteiger partial charge in [-0.15, -0.1) is 0 Å². The van der Waals surface area contributed by atoms with Crippen molar-refractivity contribution in [2.45, 2.75) is 13.8 Å². The van der Waals surface area contributed by atoms with E-state index in [4.69, 9.17) is 26.1 Å². The minimum absolute atomic E-state index is 0.193. The van der Waals surface area contributed by atoms with Gasteiger partial charge in [0, 0.05) is 21.3 Å². The molecular formula is C32H26BrClN4O4. The molecule has 1 N–H and O–H groups in total. The lowest BCUT2D eigenvalue weighted by Crippen LogP contribution is -2.21. The van der Waals surface area contributed by atoms with Crippen LogP contribution in [0.25, 0.3) is 22.3 Å². The van der Waals surface area contributed by atoms with Gasteiger partial charge in [-0.2, -0.15) is 9.78 Å². The lowest BCUT2D eigenvalue weighted by Gasteiger charge is -2.16. The number of para-hydroxylation sites is 2. The molecule has 10 heteroatoms. The van der Waals surface area contributed by atoms with Gasteiger partial charge in [-0.25, -0.2) is 4.98 Å². The Labute approximate surface area is 255 Å². The lowest BCUT2D eigenvalue weighted by molar-refractivity contribution is -0.118. The summed E-state index contributed by atoms with van der Waals surface area (Å²) in [5.41, 5.74) is 3.15. The molecule has 0 atom stereocenters. The summed E-state index contributed by atoms with van der Waals surface area (Å²) in [4.78, 5) is 30.8. The summed E-state index contributed by atoms with van der Waals surface area (Å²) in [5, 5.41) is 8.00. The van der Waals surface area contributed by atoms with Gasteiger partial charge in [0.25, 0.3) is 11.5 Å². The molecule has 0 aliphatic rings. The molecule has 1 heterocycles. The van der Waals surface area contributed by atoms with Crippen LogP contribution in [0.1, 0.15) is 18.1 Å². The van der Waals surface area contributed by atoms with Crippen LogP contribution >= 0.6 is 27.5 Å². The van der Waals surface area contributed by atoms with Crippen LogP contribution in [0.4, 0.5) is 5.69 Å². The van der Waals surface area contributed by atoms with Gasteiger partial charge in [-0.1, -0.05) is 72.3 Å². The third-order valence-electron chi connectivity index (χ3n) is 6.32. The fourth-order valence-corrected chi connectivity index (χ4v) is 4.91. The van der Waals surface area contributed by atoms with E-state index in [2.05, 4.69) is 26.3 Å². The number of ether oxygens (including phenoxy) is 2. The lowest BCUT2D eigenvalue weighted by atomic mass is 10.2. The summed E-state index contributed by atoms with van der Waals surface area (Å²) in [6.07, 6.45) is 1.50. The average molecular weight is 646 g/mol. The number of amides is 1. The van der Waals surface area contributed by atoms with Gasteiger partial charge in [0.15, 0.2) is 23.9 Å². The molecular weight excluding hydrogens is 620 g/mol. The summed E-state index contributed by atoms with van der Waals surface area (Å²) < 4.78 is 13.3. The van der Waals surface area contributed by atoms with Crippen molar-refractivity contribution in [3.8, 4) is 22.9 Å². The summed E-state index contributed by atoms with van der Waals surface area (Å²) in [6, 6.07) is 25.6. The summed E-state index contributed by atoms with van der Waals surface area (Å²) >= 11 is 10.2. The van der Waals surface area contributed by atoms with Crippen molar-refractivity contribution < 1.29 is 14.3 Å². The van der Waals surface area contributed by atoms with E-state index >= 15 is 0 Å². The maximum absolute atomic E-state index is 13.5. The molecule has 4 aromatic carbocycles. The summed E-state index contributed by atoms with van der Waals surface area (Å²) in [7, 11) is 0. The largest absolute Gasteiger partial charge is 0.490 e. The first-order valence-corrected chi connectivity index (χ1v) is 14.3. The molecule has 212 valence electrons. The number of halogens is 2. The Kier molecular flexibility index (Phi) is 9.00. The molecule has 0 bridgehead atoms. The van der Waals surface area contributed by atoms with Crippen LogP contribution in [0.5, 0.6) is 11.5 Å². The fraction of sp³-hybridized carbons (Fsp3) is 0.125. The zero-order chi connectivity index (χ0) is 29.6. The standard InChI is InChI=1S/C32H26BrClN4O4/c1-3-41-26-17-22(28(33)29(34)30(26)42-19-27(39)36-24-15-9-7-11-20(24)2)18-35-38-31(21-12-5-4-6-13-21)37-25-16-10-8-14-23(25)32(38)40/h4-18H,3,19H2,1-2H3,(H,36,39). The van der Waals surface area contributed by atoms with Gasteiger partial charge in [0.2, 0.25) is 0 Å². The number of fused-ring (bicyclic) bond motifs is 1. The maximum Gasteiger partial charge on any atom is 0.282 e. The molecule has 0 fully saturated rings. The van der Waals surface area contributed by atoms with Crippen LogP contribution in [-0.2, 0) is 4.79 Å². The molecule has 1 amide bonds. The number of nitrogens with zero attached hydrogens (tertiary/aromatic N) is 3. The van der Waals surface area contributed by atoms with E-state index in [0.717, 1.165) is 11.1 Å². The van der Waals surface area contributed by atoms with Crippen LogP contribution in [0.2, 0.25) is 5.02 Å². The van der Waals surface area contributed by atoms with E-state index in [0.29, 0.717) is 44.8 Å². The minimum atomic E-state index is -0.346. The van der Waals surface area contributed by atoms with Gasteiger partial charge >= 0.3 is 0 Å². The highest BCUT2D eigenvalue weighted by Gasteiger charge is 2.19. The number of carbonyl (C=O) groups excluding carboxylic acids is 1. The average Bonchev–Trinajstić information content (AvgIpc) is 3.00. The SMILES string of the molecule is CCOc1cc(C=Nn2c(-c3ccccc3)nc3ccccc3c2=O)c(Br)c(Cl)c1OCC(=O)Nc1ccccc1C. The predicted molar refractivity (Wildman–Crippen MR) is 170 cm³/mol. The Hall–Kier alpha value is -4.47. The molecule has 0 aliphatic heterocycles. The first-order valence-electron chi connectivity index (χ1n) is 13.1. The van der Waals surface area contributed by atoms with Crippen molar-refractivity contribution in [1.82, 2.24) is 9.66 Å². The van der Waals surface area contributed by atoms with Crippen LogP contribution in [0, 0.1) is 6.92 Å². The number of rotatable bonds is 9. The number of benzene rings is 4. The molecule has 0 unspecified atom stereocenters. The second-order valence-electron chi connectivity index (χ2n) is 9.19. The first-order chi connectivity index (χ1) is 20.4. The van der Waals surface area contributed by atoms with E-state index in [-0.39, 0.29) is 28.8 Å². The Morgan fingerprint density at radius 1 is 1.05 bits per heavy atom. The molecule has 0 saturated carbocycles. The van der Waals surface area contributed by atoms with Gasteiger partial charge < -0.3 is 14.8 Å². The fourth-order valence-electron chi connectivity index (χ4n) is 4.26. The van der Waals surface area contributed by atoms with Gasteiger partial charge in [0.05, 0.1) is 23.7 Å². The number of hydrogen-bond acceptors (Lipinski definition) is 6. The van der Waals surface area contributed by atoms with Crippen molar-refractivity contribution in [3.63, 3.8) is 0 Å². The van der Waals surface area contributed by atoms with E-state index in [1.807, 2.05) is 74.5 Å². The van der Waals surface area contributed by atoms with Crippen molar-refractivity contribution >= 4 is 56.2 Å². The van der Waals surface area contributed by atoms with Gasteiger partial charge in [0.1, 0.15) is 5.02 Å². The van der Waals surface area contributed by atoms with Crippen molar-refractivity contribution in [2.24, 2.45) is 5.10 Å². The number of aromatic nitrogens is 2. The molecule has 0 aliphatic carbocycles. The van der Waals surface area contributed by atoms with Crippen LogP contribution in [-0.4, -0.2) is 35.0 Å². The molecule has 0 saturated heterocycles.